The molecule has 0 aliphatic rings. The number of para-hydroxylation sites is 1. The van der Waals surface area contributed by atoms with Crippen LogP contribution in [0, 0.1) is 10.1 Å². The first-order chi connectivity index (χ1) is 8.68. The van der Waals surface area contributed by atoms with Gasteiger partial charge in [0.05, 0.1) is 22.2 Å². The first-order valence-corrected chi connectivity index (χ1v) is 5.48. The van der Waals surface area contributed by atoms with Gasteiger partial charge in [-0.25, -0.2) is 9.97 Å². The Kier molecular flexibility index (Phi) is 3.69. The molecule has 6 nitrogen and oxygen atoms in total. The predicted molar refractivity (Wildman–Crippen MR) is 67.5 cm³/mol. The molecule has 0 bridgehead atoms. The van der Waals surface area contributed by atoms with E-state index in [4.69, 9.17) is 11.6 Å². The fourth-order valence-corrected chi connectivity index (χ4v) is 1.68. The van der Waals surface area contributed by atoms with Crippen LogP contribution in [0.2, 0.25) is 5.02 Å². The third kappa shape index (κ3) is 2.72. The Balaban J connectivity index is 2.21. The van der Waals surface area contributed by atoms with E-state index in [9.17, 15) is 10.1 Å². The molecule has 0 aliphatic heterocycles. The summed E-state index contributed by atoms with van der Waals surface area (Å²) in [4.78, 5) is 18.2. The highest BCUT2D eigenvalue weighted by molar-refractivity contribution is 6.33. The van der Waals surface area contributed by atoms with Crippen molar-refractivity contribution < 1.29 is 4.92 Å². The summed E-state index contributed by atoms with van der Waals surface area (Å²) in [6.07, 6.45) is 3.02. The minimum atomic E-state index is -0.478. The lowest BCUT2D eigenvalue weighted by Gasteiger charge is -2.08. The summed E-state index contributed by atoms with van der Waals surface area (Å²) in [6.45, 7) is 0.340. The van der Waals surface area contributed by atoms with Crippen molar-refractivity contribution in [3.8, 4) is 0 Å². The monoisotopic (exact) mass is 264 g/mol. The van der Waals surface area contributed by atoms with E-state index in [1.165, 1.54) is 18.5 Å². The van der Waals surface area contributed by atoms with Crippen LogP contribution in [0.3, 0.4) is 0 Å². The van der Waals surface area contributed by atoms with Gasteiger partial charge in [0.25, 0.3) is 5.69 Å². The lowest BCUT2D eigenvalue weighted by Crippen LogP contribution is -2.04. The summed E-state index contributed by atoms with van der Waals surface area (Å²) in [5.74, 6) is 0. The number of benzene rings is 1. The lowest BCUT2D eigenvalue weighted by atomic mass is 10.2. The van der Waals surface area contributed by atoms with Crippen molar-refractivity contribution >= 4 is 23.0 Å². The van der Waals surface area contributed by atoms with Crippen molar-refractivity contribution in [2.24, 2.45) is 0 Å². The van der Waals surface area contributed by atoms with E-state index in [-0.39, 0.29) is 5.69 Å². The summed E-state index contributed by atoms with van der Waals surface area (Å²) in [5, 5.41) is 14.1. The number of hydrogen-bond acceptors (Lipinski definition) is 5. The molecule has 2 aromatic rings. The second-order valence-electron chi connectivity index (χ2n) is 3.45. The van der Waals surface area contributed by atoms with Crippen LogP contribution in [0.5, 0.6) is 0 Å². The lowest BCUT2D eigenvalue weighted by molar-refractivity contribution is -0.383. The van der Waals surface area contributed by atoms with Crippen molar-refractivity contribution in [1.82, 2.24) is 9.97 Å². The van der Waals surface area contributed by atoms with Crippen molar-refractivity contribution in [1.29, 1.82) is 0 Å². The summed E-state index contributed by atoms with van der Waals surface area (Å²) in [7, 11) is 0. The minimum Gasteiger partial charge on any atom is -0.373 e. The molecule has 1 N–H and O–H groups in total. The van der Waals surface area contributed by atoms with Gasteiger partial charge in [-0.1, -0.05) is 17.7 Å². The Labute approximate surface area is 108 Å². The Bertz CT molecular complexity index is 562. The molecule has 0 amide bonds. The zero-order valence-corrected chi connectivity index (χ0v) is 9.96. The molecule has 1 heterocycles. The van der Waals surface area contributed by atoms with Gasteiger partial charge in [-0.05, 0) is 12.1 Å². The predicted octanol–water partition coefficient (Wildman–Crippen LogP) is 2.65. The topological polar surface area (TPSA) is 81.0 Å². The highest BCUT2D eigenvalue weighted by Crippen LogP contribution is 2.31. The molecule has 0 atom stereocenters. The van der Waals surface area contributed by atoms with Crippen LogP contribution in [0.15, 0.2) is 36.8 Å². The zero-order chi connectivity index (χ0) is 13.0. The number of nitro groups is 1. The number of rotatable bonds is 4. The molecule has 0 fully saturated rings. The molecule has 0 spiro atoms. The normalized spacial score (nSPS) is 10.1. The summed E-state index contributed by atoms with van der Waals surface area (Å²) >= 11 is 5.94. The fraction of sp³-hybridized carbons (Fsp3) is 0.0909. The standard InChI is InChI=1S/C11H9ClN4O2/c12-9-2-1-3-10(16(17)18)11(9)14-6-8-4-5-13-7-15-8/h1-5,7,14H,6H2. The first-order valence-electron chi connectivity index (χ1n) is 5.10. The molecule has 0 unspecified atom stereocenters. The van der Waals surface area contributed by atoms with Crippen molar-refractivity contribution in [3.63, 3.8) is 0 Å². The maximum atomic E-state index is 10.9. The molecule has 0 radical (unpaired) electrons. The van der Waals surface area contributed by atoms with Gasteiger partial charge in [-0.15, -0.1) is 0 Å². The van der Waals surface area contributed by atoms with Crippen molar-refractivity contribution in [2.45, 2.75) is 6.54 Å². The Morgan fingerprint density at radius 2 is 2.22 bits per heavy atom. The van der Waals surface area contributed by atoms with Gasteiger partial charge in [0, 0.05) is 12.3 Å². The molecule has 7 heteroatoms. The van der Waals surface area contributed by atoms with Gasteiger partial charge in [0.15, 0.2) is 0 Å². The van der Waals surface area contributed by atoms with Crippen LogP contribution >= 0.6 is 11.6 Å². The number of anilines is 1. The molecule has 0 saturated heterocycles. The van der Waals surface area contributed by atoms with Crippen LogP contribution in [0.4, 0.5) is 11.4 Å². The third-order valence-electron chi connectivity index (χ3n) is 2.28. The van der Waals surface area contributed by atoms with Crippen molar-refractivity contribution in [3.05, 3.63) is 57.6 Å². The second-order valence-corrected chi connectivity index (χ2v) is 3.85. The number of aromatic nitrogens is 2. The number of hydrogen-bond donors (Lipinski definition) is 1. The first kappa shape index (κ1) is 12.3. The van der Waals surface area contributed by atoms with Crippen LogP contribution in [0.25, 0.3) is 0 Å². The van der Waals surface area contributed by atoms with Gasteiger partial charge in [-0.2, -0.15) is 0 Å². The van der Waals surface area contributed by atoms with Gasteiger partial charge in [-0.3, -0.25) is 10.1 Å². The van der Waals surface area contributed by atoms with E-state index in [0.717, 1.165) is 5.69 Å². The molecular weight excluding hydrogens is 256 g/mol. The molecule has 18 heavy (non-hydrogen) atoms. The largest absolute Gasteiger partial charge is 0.373 e. The van der Waals surface area contributed by atoms with Gasteiger partial charge in [0.1, 0.15) is 12.0 Å². The summed E-state index contributed by atoms with van der Waals surface area (Å²) in [5.41, 5.74) is 0.957. The Morgan fingerprint density at radius 1 is 1.39 bits per heavy atom. The van der Waals surface area contributed by atoms with E-state index in [2.05, 4.69) is 15.3 Å². The highest BCUT2D eigenvalue weighted by Gasteiger charge is 2.16. The Morgan fingerprint density at radius 3 is 2.89 bits per heavy atom. The maximum absolute atomic E-state index is 10.9. The van der Waals surface area contributed by atoms with Crippen LogP contribution in [0.1, 0.15) is 5.69 Å². The number of nitro benzene ring substituents is 1. The van der Waals surface area contributed by atoms with E-state index >= 15 is 0 Å². The van der Waals surface area contributed by atoms with Crippen molar-refractivity contribution in [2.75, 3.05) is 5.32 Å². The minimum absolute atomic E-state index is 0.0587. The molecule has 92 valence electrons. The van der Waals surface area contributed by atoms with E-state index in [1.54, 1.807) is 18.3 Å². The summed E-state index contributed by atoms with van der Waals surface area (Å²) < 4.78 is 0. The average molecular weight is 265 g/mol. The van der Waals surface area contributed by atoms with E-state index in [0.29, 0.717) is 17.3 Å². The molecule has 0 aliphatic carbocycles. The van der Waals surface area contributed by atoms with Crippen LogP contribution < -0.4 is 5.32 Å². The molecule has 1 aromatic carbocycles. The number of nitrogens with one attached hydrogen (secondary N) is 1. The molecule has 0 saturated carbocycles. The smallest absolute Gasteiger partial charge is 0.293 e. The molecule has 2 rings (SSSR count). The van der Waals surface area contributed by atoms with Gasteiger partial charge in [0.2, 0.25) is 0 Å². The zero-order valence-electron chi connectivity index (χ0n) is 9.21. The van der Waals surface area contributed by atoms with Crippen LogP contribution in [-0.2, 0) is 6.54 Å². The molecular formula is C11H9ClN4O2. The third-order valence-corrected chi connectivity index (χ3v) is 2.59. The second kappa shape index (κ2) is 5.42. The number of nitrogens with zero attached hydrogens (tertiary/aromatic N) is 3. The quantitative estimate of drug-likeness (QED) is 0.678. The molecule has 1 aromatic heterocycles. The van der Waals surface area contributed by atoms with Crippen LogP contribution in [-0.4, -0.2) is 14.9 Å². The SMILES string of the molecule is O=[N+]([O-])c1cccc(Cl)c1NCc1ccncn1. The number of halogens is 1. The highest BCUT2D eigenvalue weighted by atomic mass is 35.5. The Hall–Kier alpha value is -2.21. The maximum Gasteiger partial charge on any atom is 0.293 e. The van der Waals surface area contributed by atoms with Gasteiger partial charge < -0.3 is 5.32 Å². The summed E-state index contributed by atoms with van der Waals surface area (Å²) in [6, 6.07) is 6.25. The van der Waals surface area contributed by atoms with Gasteiger partial charge >= 0.3 is 0 Å². The fourth-order valence-electron chi connectivity index (χ4n) is 1.44. The van der Waals surface area contributed by atoms with E-state index < -0.39 is 4.92 Å². The average Bonchev–Trinajstić information content (AvgIpc) is 2.38. The van der Waals surface area contributed by atoms with E-state index in [1.807, 2.05) is 0 Å².